The zero-order valence-corrected chi connectivity index (χ0v) is 14.8. The maximum Gasteiger partial charge on any atom is 0.243 e. The molecule has 3 aromatic rings. The normalized spacial score (nSPS) is 10.6. The second-order valence-electron chi connectivity index (χ2n) is 5.61. The molecule has 0 unspecified atom stereocenters. The van der Waals surface area contributed by atoms with E-state index in [1.807, 2.05) is 48.5 Å². The Morgan fingerprint density at radius 3 is 2.80 bits per heavy atom. The molecule has 1 aromatic heterocycles. The molecule has 0 spiro atoms. The van der Waals surface area contributed by atoms with Crippen molar-refractivity contribution in [2.75, 3.05) is 5.32 Å². The Bertz CT molecular complexity index is 806. The second kappa shape index (κ2) is 8.48. The zero-order chi connectivity index (χ0) is 17.5. The largest absolute Gasteiger partial charge is 0.489 e. The summed E-state index contributed by atoms with van der Waals surface area (Å²) >= 11 is 6.15. The molecule has 3 rings (SSSR count). The summed E-state index contributed by atoms with van der Waals surface area (Å²) in [6.07, 6.45) is 0.961. The van der Waals surface area contributed by atoms with E-state index >= 15 is 0 Å². The van der Waals surface area contributed by atoms with Crippen LogP contribution >= 0.6 is 11.6 Å². The first kappa shape index (κ1) is 17.2. The van der Waals surface area contributed by atoms with Gasteiger partial charge in [-0.15, -0.1) is 0 Å². The maximum atomic E-state index is 6.15. The van der Waals surface area contributed by atoms with E-state index in [0.717, 1.165) is 29.8 Å². The van der Waals surface area contributed by atoms with Crippen LogP contribution in [0.1, 0.15) is 24.5 Å². The van der Waals surface area contributed by atoms with Gasteiger partial charge in [0, 0.05) is 23.7 Å². The molecule has 0 aliphatic heterocycles. The first-order valence-electron chi connectivity index (χ1n) is 8.21. The number of aromatic nitrogens is 4. The number of benzene rings is 2. The summed E-state index contributed by atoms with van der Waals surface area (Å²) in [7, 11) is 0. The van der Waals surface area contributed by atoms with Crippen LogP contribution in [0.2, 0.25) is 5.02 Å². The highest BCUT2D eigenvalue weighted by Crippen LogP contribution is 2.24. The fraction of sp³-hybridized carbons (Fsp3) is 0.278. The number of tetrazole rings is 1. The van der Waals surface area contributed by atoms with E-state index < -0.39 is 0 Å². The average Bonchev–Trinajstić information content (AvgIpc) is 3.07. The topological polar surface area (TPSA) is 64.9 Å². The van der Waals surface area contributed by atoms with E-state index in [0.29, 0.717) is 24.1 Å². The lowest BCUT2D eigenvalue weighted by molar-refractivity contribution is 0.303. The van der Waals surface area contributed by atoms with E-state index in [9.17, 15) is 0 Å². The number of anilines is 1. The average molecular weight is 358 g/mol. The maximum absolute atomic E-state index is 6.15. The fourth-order valence-corrected chi connectivity index (χ4v) is 2.62. The van der Waals surface area contributed by atoms with Crippen LogP contribution in [0.25, 0.3) is 0 Å². The van der Waals surface area contributed by atoms with Gasteiger partial charge in [-0.25, -0.2) is 4.68 Å². The van der Waals surface area contributed by atoms with Crippen LogP contribution in [-0.4, -0.2) is 20.2 Å². The summed E-state index contributed by atoms with van der Waals surface area (Å²) in [5, 5.41) is 15.6. The van der Waals surface area contributed by atoms with E-state index in [4.69, 9.17) is 16.3 Å². The van der Waals surface area contributed by atoms with Crippen molar-refractivity contribution < 1.29 is 4.74 Å². The van der Waals surface area contributed by atoms with Crippen LogP contribution in [0.3, 0.4) is 0 Å². The monoisotopic (exact) mass is 357 g/mol. The number of ether oxygens (including phenoxy) is 1. The molecule has 6 nitrogen and oxygen atoms in total. The Morgan fingerprint density at radius 2 is 2.00 bits per heavy atom. The minimum atomic E-state index is 0.503. The SMILES string of the molecule is CCCn1nnnc1NCc1cc(Cl)ccc1OCc1ccccc1. The van der Waals surface area contributed by atoms with Gasteiger partial charge in [0.2, 0.25) is 5.95 Å². The molecule has 0 saturated carbocycles. The Morgan fingerprint density at radius 1 is 1.16 bits per heavy atom. The third-order valence-corrected chi connectivity index (χ3v) is 3.90. The van der Waals surface area contributed by atoms with E-state index in [1.54, 1.807) is 4.68 Å². The molecule has 0 aliphatic carbocycles. The fourth-order valence-electron chi connectivity index (χ4n) is 2.43. The van der Waals surface area contributed by atoms with E-state index in [1.165, 1.54) is 0 Å². The van der Waals surface area contributed by atoms with Crippen LogP contribution in [0.15, 0.2) is 48.5 Å². The molecule has 1 heterocycles. The van der Waals surface area contributed by atoms with Crippen molar-refractivity contribution in [1.82, 2.24) is 20.2 Å². The summed E-state index contributed by atoms with van der Waals surface area (Å²) in [4.78, 5) is 0. The zero-order valence-electron chi connectivity index (χ0n) is 14.0. The number of hydrogen-bond donors (Lipinski definition) is 1. The Hall–Kier alpha value is -2.60. The molecule has 0 fully saturated rings. The van der Waals surface area contributed by atoms with Gasteiger partial charge in [0.1, 0.15) is 12.4 Å². The first-order chi connectivity index (χ1) is 12.3. The molecule has 0 bridgehead atoms. The van der Waals surface area contributed by atoms with Gasteiger partial charge < -0.3 is 10.1 Å². The van der Waals surface area contributed by atoms with Gasteiger partial charge in [-0.05, 0) is 40.6 Å². The summed E-state index contributed by atoms with van der Waals surface area (Å²) in [6, 6.07) is 15.7. The van der Waals surface area contributed by atoms with Crippen LogP contribution in [0, 0.1) is 0 Å². The first-order valence-corrected chi connectivity index (χ1v) is 8.59. The van der Waals surface area contributed by atoms with E-state index in [2.05, 4.69) is 27.8 Å². The highest BCUT2D eigenvalue weighted by molar-refractivity contribution is 6.30. The Kier molecular flexibility index (Phi) is 5.85. The van der Waals surface area contributed by atoms with Crippen molar-refractivity contribution >= 4 is 17.5 Å². The van der Waals surface area contributed by atoms with Gasteiger partial charge in [0.25, 0.3) is 0 Å². The molecule has 0 saturated heterocycles. The van der Waals surface area contributed by atoms with Gasteiger partial charge >= 0.3 is 0 Å². The van der Waals surface area contributed by atoms with Crippen molar-refractivity contribution in [2.45, 2.75) is 33.0 Å². The number of rotatable bonds is 8. The molecule has 0 amide bonds. The molecule has 130 valence electrons. The number of hydrogen-bond acceptors (Lipinski definition) is 5. The third kappa shape index (κ3) is 4.70. The van der Waals surface area contributed by atoms with Crippen LogP contribution < -0.4 is 10.1 Å². The highest BCUT2D eigenvalue weighted by atomic mass is 35.5. The molecule has 0 atom stereocenters. The second-order valence-corrected chi connectivity index (χ2v) is 6.04. The van der Waals surface area contributed by atoms with Gasteiger partial charge in [-0.1, -0.05) is 54.0 Å². The summed E-state index contributed by atoms with van der Waals surface area (Å²) in [5.74, 6) is 1.42. The lowest BCUT2D eigenvalue weighted by Crippen LogP contribution is -2.10. The third-order valence-electron chi connectivity index (χ3n) is 3.66. The number of nitrogens with one attached hydrogen (secondary N) is 1. The van der Waals surface area contributed by atoms with Crippen LogP contribution in [0.5, 0.6) is 5.75 Å². The summed E-state index contributed by atoms with van der Waals surface area (Å²) < 4.78 is 7.71. The van der Waals surface area contributed by atoms with Crippen LogP contribution in [-0.2, 0) is 19.7 Å². The molecule has 0 aliphatic rings. The highest BCUT2D eigenvalue weighted by Gasteiger charge is 2.09. The van der Waals surface area contributed by atoms with Crippen molar-refractivity contribution in [3.8, 4) is 5.75 Å². The number of aryl methyl sites for hydroxylation is 1. The lowest BCUT2D eigenvalue weighted by atomic mass is 10.2. The molecular formula is C18H20ClN5O. The number of nitrogens with zero attached hydrogens (tertiary/aromatic N) is 4. The van der Waals surface area contributed by atoms with Crippen molar-refractivity contribution in [2.24, 2.45) is 0 Å². The van der Waals surface area contributed by atoms with Gasteiger partial charge in [0.05, 0.1) is 0 Å². The Labute approximate surface area is 151 Å². The van der Waals surface area contributed by atoms with Crippen molar-refractivity contribution in [3.05, 3.63) is 64.7 Å². The summed E-state index contributed by atoms with van der Waals surface area (Å²) in [5.41, 5.74) is 2.07. The minimum Gasteiger partial charge on any atom is -0.489 e. The lowest BCUT2D eigenvalue weighted by Gasteiger charge is -2.13. The van der Waals surface area contributed by atoms with Gasteiger partial charge in [-0.3, -0.25) is 0 Å². The quantitative estimate of drug-likeness (QED) is 0.661. The summed E-state index contributed by atoms with van der Waals surface area (Å²) in [6.45, 7) is 3.87. The molecule has 1 N–H and O–H groups in total. The predicted molar refractivity (Wildman–Crippen MR) is 97.7 cm³/mol. The molecule has 2 aromatic carbocycles. The molecule has 0 radical (unpaired) electrons. The van der Waals surface area contributed by atoms with E-state index in [-0.39, 0.29) is 0 Å². The van der Waals surface area contributed by atoms with Crippen molar-refractivity contribution in [1.29, 1.82) is 0 Å². The van der Waals surface area contributed by atoms with Crippen molar-refractivity contribution in [3.63, 3.8) is 0 Å². The molecule has 7 heteroatoms. The van der Waals surface area contributed by atoms with Gasteiger partial charge in [-0.2, -0.15) is 0 Å². The molecule has 25 heavy (non-hydrogen) atoms. The number of halogens is 1. The Balaban J connectivity index is 1.69. The van der Waals surface area contributed by atoms with Gasteiger partial charge in [0.15, 0.2) is 0 Å². The standard InChI is InChI=1S/C18H20ClN5O/c1-2-10-24-18(21-22-23-24)20-12-15-11-16(19)8-9-17(15)25-13-14-6-4-3-5-7-14/h3-9,11H,2,10,12-13H2,1H3,(H,20,21,23). The predicted octanol–water partition coefficient (Wildman–Crippen LogP) is 3.93. The molecular weight excluding hydrogens is 338 g/mol. The minimum absolute atomic E-state index is 0.503. The van der Waals surface area contributed by atoms with Crippen LogP contribution in [0.4, 0.5) is 5.95 Å². The smallest absolute Gasteiger partial charge is 0.243 e.